The molecule has 5 rings (SSSR count). The van der Waals surface area contributed by atoms with Crippen molar-refractivity contribution in [3.05, 3.63) is 74.0 Å². The lowest BCUT2D eigenvalue weighted by molar-refractivity contribution is 0.0561. The van der Waals surface area contributed by atoms with Crippen molar-refractivity contribution in [2.24, 2.45) is 7.05 Å². The molecule has 10 nitrogen and oxygen atoms in total. The summed E-state index contributed by atoms with van der Waals surface area (Å²) >= 11 is 7.22. The first-order chi connectivity index (χ1) is 19.1. The highest BCUT2D eigenvalue weighted by molar-refractivity contribution is 7.97. The van der Waals surface area contributed by atoms with E-state index in [2.05, 4.69) is 20.1 Å². The predicted octanol–water partition coefficient (Wildman–Crippen LogP) is 4.63. The van der Waals surface area contributed by atoms with Crippen LogP contribution in [0, 0.1) is 6.92 Å². The van der Waals surface area contributed by atoms with Crippen LogP contribution in [0.1, 0.15) is 52.4 Å². The molecular weight excluding hydrogens is 562 g/mol. The lowest BCUT2D eigenvalue weighted by Crippen LogP contribution is -2.35. The summed E-state index contributed by atoms with van der Waals surface area (Å²) in [6.07, 6.45) is 3.53. The van der Waals surface area contributed by atoms with Crippen molar-refractivity contribution >= 4 is 52.0 Å². The summed E-state index contributed by atoms with van der Waals surface area (Å²) in [5.74, 6) is 0.0335. The summed E-state index contributed by atoms with van der Waals surface area (Å²) in [6, 6.07) is 6.64. The molecule has 210 valence electrons. The van der Waals surface area contributed by atoms with Crippen molar-refractivity contribution in [2.45, 2.75) is 39.4 Å². The molecule has 14 heteroatoms. The molecule has 1 atom stereocenters. The molecule has 0 spiro atoms. The number of amides is 1. The number of pyridine rings is 1. The molecule has 0 radical (unpaired) electrons. The van der Waals surface area contributed by atoms with E-state index in [9.17, 15) is 18.4 Å². The van der Waals surface area contributed by atoms with E-state index in [1.807, 2.05) is 24.8 Å². The van der Waals surface area contributed by atoms with Gasteiger partial charge in [-0.25, -0.2) is 14.6 Å². The number of carbonyl (C=O) groups is 1. The second-order valence-electron chi connectivity index (χ2n) is 9.59. The fourth-order valence-electron chi connectivity index (χ4n) is 4.94. The first kappa shape index (κ1) is 27.8. The average Bonchev–Trinajstić information content (AvgIpc) is 3.35. The Balaban J connectivity index is 1.55. The van der Waals surface area contributed by atoms with Crippen LogP contribution in [0.3, 0.4) is 0 Å². The largest absolute Gasteiger partial charge is 0.377 e. The van der Waals surface area contributed by atoms with Crippen LogP contribution in [0.15, 0.2) is 35.3 Å². The quantitative estimate of drug-likeness (QED) is 0.238. The Kier molecular flexibility index (Phi) is 7.69. The van der Waals surface area contributed by atoms with E-state index in [1.54, 1.807) is 31.5 Å². The van der Waals surface area contributed by atoms with Crippen LogP contribution >= 0.6 is 23.5 Å². The van der Waals surface area contributed by atoms with Crippen molar-refractivity contribution < 1.29 is 13.6 Å². The smallest absolute Gasteiger partial charge is 0.333 e. The summed E-state index contributed by atoms with van der Waals surface area (Å²) < 4.78 is 31.2. The number of anilines is 2. The van der Waals surface area contributed by atoms with Gasteiger partial charge in [0, 0.05) is 50.1 Å². The van der Waals surface area contributed by atoms with Crippen LogP contribution in [0.4, 0.5) is 20.4 Å². The summed E-state index contributed by atoms with van der Waals surface area (Å²) in [6.45, 7) is 1.86. The van der Waals surface area contributed by atoms with Gasteiger partial charge in [-0.15, -0.1) is 0 Å². The SMILES string of the molecule is CSNC(=O)c1nc(Cl)ccc1NC(C)c1cc(C)cc2c(=O)n(C)c(N3CCc4nn(C(F)F)cc4C3)nc12. The van der Waals surface area contributed by atoms with Crippen LogP contribution < -0.4 is 20.5 Å². The molecule has 1 aliphatic rings. The van der Waals surface area contributed by atoms with Crippen LogP contribution in [-0.4, -0.2) is 43.0 Å². The van der Waals surface area contributed by atoms with Gasteiger partial charge in [0.05, 0.1) is 28.3 Å². The molecule has 1 aromatic carbocycles. The highest BCUT2D eigenvalue weighted by Gasteiger charge is 2.26. The van der Waals surface area contributed by atoms with Crippen LogP contribution in [0.2, 0.25) is 5.15 Å². The fourth-order valence-corrected chi connectivity index (χ4v) is 5.37. The number of nitrogens with one attached hydrogen (secondary N) is 2. The van der Waals surface area contributed by atoms with Crippen molar-refractivity contribution in [3.8, 4) is 0 Å². The van der Waals surface area contributed by atoms with Crippen LogP contribution in [-0.2, 0) is 20.0 Å². The molecule has 40 heavy (non-hydrogen) atoms. The second kappa shape index (κ2) is 11.0. The van der Waals surface area contributed by atoms with Gasteiger partial charge < -0.3 is 10.2 Å². The third-order valence-electron chi connectivity index (χ3n) is 6.80. The molecule has 0 saturated carbocycles. The number of hydrogen-bond acceptors (Lipinski definition) is 8. The van der Waals surface area contributed by atoms with Crippen molar-refractivity contribution in [2.75, 3.05) is 23.0 Å². The summed E-state index contributed by atoms with van der Waals surface area (Å²) in [5, 5.41) is 7.96. The summed E-state index contributed by atoms with van der Waals surface area (Å²) in [5.41, 5.74) is 3.82. The first-order valence-corrected chi connectivity index (χ1v) is 14.0. The zero-order chi connectivity index (χ0) is 28.7. The molecular formula is C26H27ClF2N8O2S. The standard InChI is InChI=1S/C26H27ClF2N8O2S/c1-13-9-16(14(2)30-19-5-6-20(27)31-22(19)23(38)34-40-4)21-17(10-13)24(39)35(3)26(32-21)36-8-7-18-15(11-36)12-37(33-18)25(28)29/h5-6,9-10,12,14,25,30H,7-8,11H2,1-4H3,(H,34,38). The van der Waals surface area contributed by atoms with E-state index in [-0.39, 0.29) is 22.4 Å². The summed E-state index contributed by atoms with van der Waals surface area (Å²) in [7, 11) is 1.65. The number of carbonyl (C=O) groups excluding carboxylic acids is 1. The maximum Gasteiger partial charge on any atom is 0.333 e. The molecule has 0 fully saturated rings. The van der Waals surface area contributed by atoms with Crippen LogP contribution in [0.25, 0.3) is 10.9 Å². The molecule has 3 aromatic heterocycles. The Morgan fingerprint density at radius 2 is 2.00 bits per heavy atom. The number of aromatic nitrogens is 5. The summed E-state index contributed by atoms with van der Waals surface area (Å²) in [4.78, 5) is 37.2. The van der Waals surface area contributed by atoms with E-state index < -0.39 is 12.5 Å². The lowest BCUT2D eigenvalue weighted by atomic mass is 10.0. The highest BCUT2D eigenvalue weighted by Crippen LogP contribution is 2.30. The number of nitrogens with zero attached hydrogens (tertiary/aromatic N) is 6. The zero-order valence-electron chi connectivity index (χ0n) is 22.2. The highest BCUT2D eigenvalue weighted by atomic mass is 35.5. The van der Waals surface area contributed by atoms with Gasteiger partial charge in [0.15, 0.2) is 5.69 Å². The Bertz CT molecular complexity index is 1670. The maximum absolute atomic E-state index is 13.5. The minimum atomic E-state index is -2.72. The average molecular weight is 589 g/mol. The Labute approximate surface area is 237 Å². The number of alkyl halides is 2. The monoisotopic (exact) mass is 588 g/mol. The van der Waals surface area contributed by atoms with Gasteiger partial charge in [-0.05, 0) is 37.6 Å². The van der Waals surface area contributed by atoms with Crippen molar-refractivity contribution in [1.82, 2.24) is 29.0 Å². The molecule has 0 saturated heterocycles. The van der Waals surface area contributed by atoms with E-state index in [1.165, 1.54) is 10.8 Å². The number of rotatable bonds is 7. The van der Waals surface area contributed by atoms with E-state index >= 15 is 0 Å². The van der Waals surface area contributed by atoms with Gasteiger partial charge in [-0.3, -0.25) is 18.9 Å². The van der Waals surface area contributed by atoms with Crippen LogP contribution in [0.5, 0.6) is 0 Å². The first-order valence-electron chi connectivity index (χ1n) is 12.4. The topological polar surface area (TPSA) is 110 Å². The third-order valence-corrected chi connectivity index (χ3v) is 7.40. The number of fused-ring (bicyclic) bond motifs is 2. The van der Waals surface area contributed by atoms with Gasteiger partial charge >= 0.3 is 6.55 Å². The van der Waals surface area contributed by atoms with Crippen molar-refractivity contribution in [1.29, 1.82) is 0 Å². The van der Waals surface area contributed by atoms with Crippen molar-refractivity contribution in [3.63, 3.8) is 0 Å². The maximum atomic E-state index is 13.5. The molecule has 1 amide bonds. The predicted molar refractivity (Wildman–Crippen MR) is 152 cm³/mol. The fraction of sp³-hybridized carbons (Fsp3) is 0.346. The second-order valence-corrected chi connectivity index (χ2v) is 10.6. The minimum absolute atomic E-state index is 0.142. The lowest BCUT2D eigenvalue weighted by Gasteiger charge is -2.29. The van der Waals surface area contributed by atoms with E-state index in [0.717, 1.165) is 23.1 Å². The third kappa shape index (κ3) is 5.22. The van der Waals surface area contributed by atoms with Gasteiger partial charge in [0.25, 0.3) is 11.5 Å². The Morgan fingerprint density at radius 3 is 2.73 bits per heavy atom. The minimum Gasteiger partial charge on any atom is -0.377 e. The Hall–Kier alpha value is -3.71. The number of hydrogen-bond donors (Lipinski definition) is 2. The Morgan fingerprint density at radius 1 is 1.23 bits per heavy atom. The molecule has 1 aliphatic heterocycles. The van der Waals surface area contributed by atoms with E-state index in [4.69, 9.17) is 16.6 Å². The number of aryl methyl sites for hydroxylation is 1. The molecule has 4 heterocycles. The molecule has 4 aromatic rings. The molecule has 0 bridgehead atoms. The molecule has 1 unspecified atom stereocenters. The zero-order valence-corrected chi connectivity index (χ0v) is 23.8. The van der Waals surface area contributed by atoms with Gasteiger partial charge in [0.1, 0.15) is 5.15 Å². The molecule has 2 N–H and O–H groups in total. The van der Waals surface area contributed by atoms with Gasteiger partial charge in [0.2, 0.25) is 5.95 Å². The molecule has 0 aliphatic carbocycles. The van der Waals surface area contributed by atoms with E-state index in [0.29, 0.717) is 58.0 Å². The van der Waals surface area contributed by atoms with Gasteiger partial charge in [-0.1, -0.05) is 29.6 Å². The normalized spacial score (nSPS) is 13.9. The van der Waals surface area contributed by atoms with Gasteiger partial charge in [-0.2, -0.15) is 13.9 Å². The number of halogens is 3. The number of benzene rings is 1.